The van der Waals surface area contributed by atoms with Crippen molar-refractivity contribution in [3.8, 4) is 11.5 Å². The first-order valence-electron chi connectivity index (χ1n) is 11.3. The summed E-state index contributed by atoms with van der Waals surface area (Å²) in [4.78, 5) is 43.1. The molecule has 0 saturated carbocycles. The highest BCUT2D eigenvalue weighted by Crippen LogP contribution is 2.52. The van der Waals surface area contributed by atoms with Crippen LogP contribution in [-0.2, 0) is 19.1 Å². The van der Waals surface area contributed by atoms with E-state index in [0.29, 0.717) is 43.2 Å². The molecule has 1 aromatic heterocycles. The molecule has 2 fully saturated rings. The number of anilines is 1. The molecule has 4 heterocycles. The summed E-state index contributed by atoms with van der Waals surface area (Å²) in [7, 11) is 0. The zero-order valence-electron chi connectivity index (χ0n) is 18.5. The van der Waals surface area contributed by atoms with Crippen LogP contribution in [0.4, 0.5) is 5.69 Å². The molecule has 33 heavy (non-hydrogen) atoms. The summed E-state index contributed by atoms with van der Waals surface area (Å²) in [5, 5.41) is 5.33. The number of benzene rings is 1. The quantitative estimate of drug-likeness (QED) is 0.512. The number of rotatable bonds is 6. The minimum Gasteiger partial charge on any atom is -0.486 e. The number of esters is 1. The first kappa shape index (κ1) is 21.9. The molecule has 9 heteroatoms. The molecule has 2 amide bonds. The lowest BCUT2D eigenvalue weighted by Crippen LogP contribution is -2.56. The van der Waals surface area contributed by atoms with Crippen LogP contribution in [-0.4, -0.2) is 43.1 Å². The second-order valence-electron chi connectivity index (χ2n) is 8.42. The number of nitrogens with one attached hydrogen (secondary N) is 1. The molecule has 0 radical (unpaired) electrons. The lowest BCUT2D eigenvalue weighted by Gasteiger charge is -2.32. The lowest BCUT2D eigenvalue weighted by atomic mass is 9.77. The number of thiophene rings is 1. The van der Waals surface area contributed by atoms with Crippen molar-refractivity contribution >= 4 is 34.8 Å². The van der Waals surface area contributed by atoms with E-state index in [1.807, 2.05) is 24.4 Å². The Balaban J connectivity index is 1.60. The van der Waals surface area contributed by atoms with E-state index in [4.69, 9.17) is 14.2 Å². The average Bonchev–Trinajstić information content (AvgIpc) is 3.51. The molecule has 3 aliphatic rings. The molecule has 4 atom stereocenters. The number of ether oxygens (including phenoxy) is 3. The number of hydrogen-bond donors (Lipinski definition) is 1. The van der Waals surface area contributed by atoms with Gasteiger partial charge in [0, 0.05) is 10.9 Å². The molecule has 0 spiro atoms. The molecule has 3 aliphatic heterocycles. The van der Waals surface area contributed by atoms with Gasteiger partial charge in [0.15, 0.2) is 11.5 Å². The fourth-order valence-corrected chi connectivity index (χ4v) is 6.14. The van der Waals surface area contributed by atoms with E-state index in [1.54, 1.807) is 25.1 Å². The number of amides is 2. The highest BCUT2D eigenvalue weighted by Gasteiger charge is 2.68. The lowest BCUT2D eigenvalue weighted by molar-refractivity contribution is -0.155. The van der Waals surface area contributed by atoms with Crippen LogP contribution in [0.1, 0.15) is 37.6 Å². The van der Waals surface area contributed by atoms with Crippen LogP contribution in [0.15, 0.2) is 35.7 Å². The van der Waals surface area contributed by atoms with Crippen LogP contribution < -0.4 is 19.7 Å². The third kappa shape index (κ3) is 3.33. The van der Waals surface area contributed by atoms with Gasteiger partial charge < -0.3 is 14.2 Å². The maximum atomic E-state index is 13.9. The standard InChI is InChI=1S/C24H26N2O6S/c1-3-9-24(23(29)30-4-2)19-18(20(25-24)17-6-5-12-33-17)21(27)26(22(19)28)14-7-8-15-16(13-14)32-11-10-31-15/h5-8,12-13,18-20,25H,3-4,9-11H2,1-2H3/t18-,19-,20-,24+/m0/s1. The topological polar surface area (TPSA) is 94.2 Å². The van der Waals surface area contributed by atoms with E-state index < -0.39 is 35.3 Å². The number of hydrogen-bond acceptors (Lipinski definition) is 8. The molecule has 5 rings (SSSR count). The fraction of sp³-hybridized carbons (Fsp3) is 0.458. The SMILES string of the molecule is CCC[C@@]1(C(=O)OCC)N[C@@H](c2cccs2)[C@H]2C(=O)N(c3ccc4c(c3)OCCO4)C(=O)[C@H]21. The van der Waals surface area contributed by atoms with Gasteiger partial charge in [-0.3, -0.25) is 19.7 Å². The van der Waals surface area contributed by atoms with Gasteiger partial charge >= 0.3 is 5.97 Å². The van der Waals surface area contributed by atoms with Crippen molar-refractivity contribution in [2.24, 2.45) is 11.8 Å². The van der Waals surface area contributed by atoms with Gasteiger partial charge in [0.05, 0.1) is 30.2 Å². The van der Waals surface area contributed by atoms with Crippen molar-refractivity contribution in [1.29, 1.82) is 0 Å². The third-order valence-electron chi connectivity index (χ3n) is 6.57. The predicted octanol–water partition coefficient (Wildman–Crippen LogP) is 3.07. The van der Waals surface area contributed by atoms with Gasteiger partial charge in [-0.05, 0) is 36.9 Å². The van der Waals surface area contributed by atoms with Crippen molar-refractivity contribution in [3.05, 3.63) is 40.6 Å². The van der Waals surface area contributed by atoms with E-state index in [0.717, 1.165) is 4.88 Å². The molecular formula is C24H26N2O6S. The molecule has 0 bridgehead atoms. The number of imide groups is 1. The van der Waals surface area contributed by atoms with Crippen LogP contribution in [0, 0.1) is 11.8 Å². The number of carbonyl (C=O) groups excluding carboxylic acids is 3. The first-order chi connectivity index (χ1) is 16.0. The van der Waals surface area contributed by atoms with Gasteiger partial charge in [-0.25, -0.2) is 4.90 Å². The van der Waals surface area contributed by atoms with Crippen molar-refractivity contribution in [1.82, 2.24) is 5.32 Å². The summed E-state index contributed by atoms with van der Waals surface area (Å²) in [6, 6.07) is 8.43. The predicted molar refractivity (Wildman–Crippen MR) is 121 cm³/mol. The van der Waals surface area contributed by atoms with Crippen molar-refractivity contribution in [2.45, 2.75) is 38.3 Å². The Morgan fingerprint density at radius 2 is 1.97 bits per heavy atom. The molecule has 2 saturated heterocycles. The van der Waals surface area contributed by atoms with Crippen LogP contribution in [0.25, 0.3) is 0 Å². The van der Waals surface area contributed by atoms with Crippen molar-refractivity contribution in [2.75, 3.05) is 24.7 Å². The van der Waals surface area contributed by atoms with Crippen molar-refractivity contribution < 1.29 is 28.6 Å². The Hall–Kier alpha value is -2.91. The highest BCUT2D eigenvalue weighted by molar-refractivity contribution is 7.10. The van der Waals surface area contributed by atoms with Gasteiger partial charge in [0.2, 0.25) is 11.8 Å². The maximum Gasteiger partial charge on any atom is 0.327 e. The zero-order valence-corrected chi connectivity index (χ0v) is 19.4. The Morgan fingerprint density at radius 3 is 2.67 bits per heavy atom. The Labute approximate surface area is 195 Å². The molecule has 8 nitrogen and oxygen atoms in total. The number of nitrogens with zero attached hydrogens (tertiary/aromatic N) is 1. The van der Waals surface area contributed by atoms with Crippen LogP contribution in [0.2, 0.25) is 0 Å². The first-order valence-corrected chi connectivity index (χ1v) is 12.2. The molecule has 1 aromatic carbocycles. The smallest absolute Gasteiger partial charge is 0.327 e. The van der Waals surface area contributed by atoms with E-state index in [2.05, 4.69) is 5.32 Å². The summed E-state index contributed by atoms with van der Waals surface area (Å²) >= 11 is 1.50. The van der Waals surface area contributed by atoms with E-state index in [-0.39, 0.29) is 12.5 Å². The maximum absolute atomic E-state index is 13.9. The summed E-state index contributed by atoms with van der Waals surface area (Å²) in [6.07, 6.45) is 1.04. The summed E-state index contributed by atoms with van der Waals surface area (Å²) in [6.45, 7) is 4.74. The van der Waals surface area contributed by atoms with Crippen LogP contribution >= 0.6 is 11.3 Å². The molecular weight excluding hydrogens is 444 g/mol. The summed E-state index contributed by atoms with van der Waals surface area (Å²) in [5.41, 5.74) is -0.845. The van der Waals surface area contributed by atoms with Gasteiger partial charge in [-0.1, -0.05) is 19.4 Å². The Bertz CT molecular complexity index is 1090. The number of carbonyl (C=O) groups is 3. The van der Waals surface area contributed by atoms with Crippen LogP contribution in [0.5, 0.6) is 11.5 Å². The number of fused-ring (bicyclic) bond motifs is 2. The van der Waals surface area contributed by atoms with E-state index in [1.165, 1.54) is 16.2 Å². The summed E-state index contributed by atoms with van der Waals surface area (Å²) < 4.78 is 16.7. The molecule has 174 valence electrons. The van der Waals surface area contributed by atoms with Crippen molar-refractivity contribution in [3.63, 3.8) is 0 Å². The molecule has 0 aliphatic carbocycles. The fourth-order valence-electron chi connectivity index (χ4n) is 5.31. The average molecular weight is 471 g/mol. The summed E-state index contributed by atoms with van der Waals surface area (Å²) in [5.74, 6) is -1.69. The largest absolute Gasteiger partial charge is 0.486 e. The van der Waals surface area contributed by atoms with Gasteiger partial charge in [0.25, 0.3) is 0 Å². The van der Waals surface area contributed by atoms with Gasteiger partial charge in [-0.15, -0.1) is 11.3 Å². The van der Waals surface area contributed by atoms with Gasteiger partial charge in [-0.2, -0.15) is 0 Å². The van der Waals surface area contributed by atoms with E-state index >= 15 is 0 Å². The van der Waals surface area contributed by atoms with Gasteiger partial charge in [0.1, 0.15) is 18.8 Å². The Morgan fingerprint density at radius 1 is 1.18 bits per heavy atom. The normalized spacial score (nSPS) is 28.2. The minimum absolute atomic E-state index is 0.195. The third-order valence-corrected chi connectivity index (χ3v) is 7.53. The Kier molecular flexibility index (Phi) is 5.62. The monoisotopic (exact) mass is 470 g/mol. The second-order valence-corrected chi connectivity index (χ2v) is 9.40. The molecule has 0 unspecified atom stereocenters. The van der Waals surface area contributed by atoms with E-state index in [9.17, 15) is 14.4 Å². The minimum atomic E-state index is -1.26. The highest BCUT2D eigenvalue weighted by atomic mass is 32.1. The second kappa shape index (κ2) is 8.46. The molecule has 2 aromatic rings. The molecule has 1 N–H and O–H groups in total. The zero-order chi connectivity index (χ0) is 23.2. The van der Waals surface area contributed by atoms with Crippen LogP contribution in [0.3, 0.4) is 0 Å².